The molecule has 0 heterocycles. The standard InChI is InChI=1S/C22H20N2O2/c1-2-23-21(25)18-12-14-20(15-13-18)24-22(26)19-10-8-17(9-11-19)16-6-4-3-5-7-16/h3-15H,2H2,1H3,(H,23,25)(H,24,26). The largest absolute Gasteiger partial charge is 0.352 e. The number of hydrogen-bond donors (Lipinski definition) is 2. The summed E-state index contributed by atoms with van der Waals surface area (Å²) >= 11 is 0. The monoisotopic (exact) mass is 344 g/mol. The van der Waals surface area contributed by atoms with Crippen LogP contribution in [-0.2, 0) is 0 Å². The van der Waals surface area contributed by atoms with Gasteiger partial charge in [-0.15, -0.1) is 0 Å². The molecule has 3 aromatic rings. The number of amides is 2. The van der Waals surface area contributed by atoms with Crippen LogP contribution < -0.4 is 10.6 Å². The highest BCUT2D eigenvalue weighted by Crippen LogP contribution is 2.20. The zero-order chi connectivity index (χ0) is 18.4. The van der Waals surface area contributed by atoms with Gasteiger partial charge < -0.3 is 10.6 Å². The highest BCUT2D eigenvalue weighted by atomic mass is 16.2. The average Bonchev–Trinajstić information content (AvgIpc) is 2.69. The van der Waals surface area contributed by atoms with Crippen LogP contribution in [0.1, 0.15) is 27.6 Å². The minimum Gasteiger partial charge on any atom is -0.352 e. The molecule has 0 fully saturated rings. The lowest BCUT2D eigenvalue weighted by molar-refractivity contribution is 0.0955. The number of carbonyl (C=O) groups is 2. The van der Waals surface area contributed by atoms with Crippen molar-refractivity contribution in [3.05, 3.63) is 90.0 Å². The summed E-state index contributed by atoms with van der Waals surface area (Å²) in [5.74, 6) is -0.308. The van der Waals surface area contributed by atoms with E-state index in [1.54, 1.807) is 36.4 Å². The van der Waals surface area contributed by atoms with Crippen LogP contribution in [0.3, 0.4) is 0 Å². The normalized spacial score (nSPS) is 10.2. The maximum atomic E-state index is 12.4. The smallest absolute Gasteiger partial charge is 0.255 e. The molecule has 3 rings (SSSR count). The van der Waals surface area contributed by atoms with Gasteiger partial charge in [0.15, 0.2) is 0 Å². The summed E-state index contributed by atoms with van der Waals surface area (Å²) in [5, 5.41) is 5.59. The van der Waals surface area contributed by atoms with E-state index in [1.165, 1.54) is 0 Å². The van der Waals surface area contributed by atoms with Crippen LogP contribution in [0.15, 0.2) is 78.9 Å². The molecule has 0 aliphatic heterocycles. The number of rotatable bonds is 5. The van der Waals surface area contributed by atoms with Crippen molar-refractivity contribution in [2.45, 2.75) is 6.92 Å². The van der Waals surface area contributed by atoms with Gasteiger partial charge in [0.1, 0.15) is 0 Å². The minimum absolute atomic E-state index is 0.123. The molecule has 0 bridgehead atoms. The molecule has 0 spiro atoms. The highest BCUT2D eigenvalue weighted by molar-refractivity contribution is 6.04. The van der Waals surface area contributed by atoms with Crippen LogP contribution in [0, 0.1) is 0 Å². The summed E-state index contributed by atoms with van der Waals surface area (Å²) in [4.78, 5) is 24.1. The SMILES string of the molecule is CCNC(=O)c1ccc(NC(=O)c2ccc(-c3ccccc3)cc2)cc1. The molecule has 4 heteroatoms. The molecule has 0 radical (unpaired) electrons. The molecule has 2 amide bonds. The number of benzene rings is 3. The van der Waals surface area contributed by atoms with Gasteiger partial charge in [-0.1, -0.05) is 42.5 Å². The van der Waals surface area contributed by atoms with Gasteiger partial charge in [0.2, 0.25) is 0 Å². The van der Waals surface area contributed by atoms with Gasteiger partial charge in [0.25, 0.3) is 11.8 Å². The lowest BCUT2D eigenvalue weighted by Gasteiger charge is -2.08. The summed E-state index contributed by atoms with van der Waals surface area (Å²) in [6.45, 7) is 2.45. The van der Waals surface area contributed by atoms with Crippen molar-refractivity contribution in [3.63, 3.8) is 0 Å². The summed E-state index contributed by atoms with van der Waals surface area (Å²) in [5.41, 5.74) is 3.97. The van der Waals surface area contributed by atoms with Crippen molar-refractivity contribution < 1.29 is 9.59 Å². The van der Waals surface area contributed by atoms with E-state index in [0.717, 1.165) is 11.1 Å². The zero-order valence-electron chi connectivity index (χ0n) is 14.5. The third-order valence-electron chi connectivity index (χ3n) is 4.00. The van der Waals surface area contributed by atoms with E-state index in [0.29, 0.717) is 23.4 Å². The molecule has 26 heavy (non-hydrogen) atoms. The van der Waals surface area contributed by atoms with Gasteiger partial charge in [0.05, 0.1) is 0 Å². The first-order valence-electron chi connectivity index (χ1n) is 8.52. The predicted octanol–water partition coefficient (Wildman–Crippen LogP) is 4.36. The van der Waals surface area contributed by atoms with Crippen LogP contribution in [0.5, 0.6) is 0 Å². The molecule has 2 N–H and O–H groups in total. The molecular weight excluding hydrogens is 324 g/mol. The second-order valence-electron chi connectivity index (χ2n) is 5.83. The molecule has 0 saturated carbocycles. The van der Waals surface area contributed by atoms with E-state index in [-0.39, 0.29) is 11.8 Å². The second kappa shape index (κ2) is 8.12. The molecule has 0 aliphatic carbocycles. The third-order valence-corrected chi connectivity index (χ3v) is 4.00. The molecule has 3 aromatic carbocycles. The Morgan fingerprint density at radius 2 is 1.23 bits per heavy atom. The molecular formula is C22H20N2O2. The summed E-state index contributed by atoms with van der Waals surface area (Å²) < 4.78 is 0. The quantitative estimate of drug-likeness (QED) is 0.723. The first-order chi connectivity index (χ1) is 12.7. The lowest BCUT2D eigenvalue weighted by atomic mass is 10.0. The fourth-order valence-corrected chi connectivity index (χ4v) is 2.62. The van der Waals surface area contributed by atoms with Crippen molar-refractivity contribution in [2.24, 2.45) is 0 Å². The van der Waals surface area contributed by atoms with Crippen LogP contribution in [0.2, 0.25) is 0 Å². The van der Waals surface area contributed by atoms with Gasteiger partial charge >= 0.3 is 0 Å². The van der Waals surface area contributed by atoms with E-state index in [2.05, 4.69) is 10.6 Å². The summed E-state index contributed by atoms with van der Waals surface area (Å²) in [6.07, 6.45) is 0. The minimum atomic E-state index is -0.185. The second-order valence-corrected chi connectivity index (χ2v) is 5.83. The van der Waals surface area contributed by atoms with Crippen LogP contribution in [0.25, 0.3) is 11.1 Å². The van der Waals surface area contributed by atoms with Crippen molar-refractivity contribution >= 4 is 17.5 Å². The Labute approximate surface area is 152 Å². The molecule has 0 unspecified atom stereocenters. The maximum absolute atomic E-state index is 12.4. The Morgan fingerprint density at radius 3 is 1.85 bits per heavy atom. The Morgan fingerprint density at radius 1 is 0.692 bits per heavy atom. The van der Waals surface area contributed by atoms with E-state index in [1.807, 2.05) is 49.4 Å². The molecule has 130 valence electrons. The average molecular weight is 344 g/mol. The van der Waals surface area contributed by atoms with Crippen LogP contribution in [0.4, 0.5) is 5.69 Å². The Bertz CT molecular complexity index is 886. The number of nitrogens with one attached hydrogen (secondary N) is 2. The number of hydrogen-bond acceptors (Lipinski definition) is 2. The molecule has 0 aromatic heterocycles. The summed E-state index contributed by atoms with van der Waals surface area (Å²) in [7, 11) is 0. The van der Waals surface area contributed by atoms with E-state index in [4.69, 9.17) is 0 Å². The van der Waals surface area contributed by atoms with Crippen molar-refractivity contribution in [3.8, 4) is 11.1 Å². The maximum Gasteiger partial charge on any atom is 0.255 e. The van der Waals surface area contributed by atoms with E-state index < -0.39 is 0 Å². The van der Waals surface area contributed by atoms with Crippen LogP contribution >= 0.6 is 0 Å². The van der Waals surface area contributed by atoms with Gasteiger partial charge in [-0.05, 0) is 54.4 Å². The van der Waals surface area contributed by atoms with Crippen molar-refractivity contribution in [1.29, 1.82) is 0 Å². The van der Waals surface area contributed by atoms with Crippen molar-refractivity contribution in [2.75, 3.05) is 11.9 Å². The topological polar surface area (TPSA) is 58.2 Å². The molecule has 0 saturated heterocycles. The number of carbonyl (C=O) groups excluding carboxylic acids is 2. The van der Waals surface area contributed by atoms with E-state index in [9.17, 15) is 9.59 Å². The fraction of sp³-hybridized carbons (Fsp3) is 0.0909. The van der Waals surface area contributed by atoms with Gasteiger partial charge in [-0.3, -0.25) is 9.59 Å². The molecule has 0 atom stereocenters. The lowest BCUT2D eigenvalue weighted by Crippen LogP contribution is -2.22. The first-order valence-corrected chi connectivity index (χ1v) is 8.52. The third kappa shape index (κ3) is 4.16. The van der Waals surface area contributed by atoms with E-state index >= 15 is 0 Å². The Balaban J connectivity index is 1.67. The van der Waals surface area contributed by atoms with Gasteiger partial charge in [0, 0.05) is 23.4 Å². The summed E-state index contributed by atoms with van der Waals surface area (Å²) in [6, 6.07) is 24.3. The highest BCUT2D eigenvalue weighted by Gasteiger charge is 2.08. The van der Waals surface area contributed by atoms with Crippen LogP contribution in [-0.4, -0.2) is 18.4 Å². The van der Waals surface area contributed by atoms with Crippen molar-refractivity contribution in [1.82, 2.24) is 5.32 Å². The zero-order valence-corrected chi connectivity index (χ0v) is 14.5. The Hall–Kier alpha value is -3.40. The molecule has 0 aliphatic rings. The van der Waals surface area contributed by atoms with Gasteiger partial charge in [-0.25, -0.2) is 0 Å². The Kier molecular flexibility index (Phi) is 5.44. The fourth-order valence-electron chi connectivity index (χ4n) is 2.62. The first kappa shape index (κ1) is 17.4. The van der Waals surface area contributed by atoms with Gasteiger partial charge in [-0.2, -0.15) is 0 Å². The number of anilines is 1. The molecule has 4 nitrogen and oxygen atoms in total. The predicted molar refractivity (Wildman–Crippen MR) is 104 cm³/mol.